The summed E-state index contributed by atoms with van der Waals surface area (Å²) in [6.07, 6.45) is 4.26. The second-order valence-electron chi connectivity index (χ2n) is 5.18. The monoisotopic (exact) mass is 363 g/mol. The van der Waals surface area contributed by atoms with Crippen LogP contribution < -0.4 is 4.74 Å². The third-order valence-electron chi connectivity index (χ3n) is 3.32. The average Bonchev–Trinajstić information content (AvgIpc) is 2.99. The molecule has 0 radical (unpaired) electrons. The van der Waals surface area contributed by atoms with Crippen LogP contribution in [0.1, 0.15) is 5.56 Å². The number of nitrogens with zero attached hydrogens (tertiary/aromatic N) is 2. The molecule has 124 valence electrons. The Bertz CT molecular complexity index is 953. The summed E-state index contributed by atoms with van der Waals surface area (Å²) in [5.41, 5.74) is 2.06. The van der Waals surface area contributed by atoms with Crippen molar-refractivity contribution in [2.45, 2.75) is 11.5 Å². The number of benzene rings is 1. The Labute approximate surface area is 144 Å². The first-order valence-electron chi connectivity index (χ1n) is 7.00. The number of hydrogen-bond donors (Lipinski definition) is 1. The lowest BCUT2D eigenvalue weighted by Gasteiger charge is -2.08. The second-order valence-corrected chi connectivity index (χ2v) is 7.60. The molecule has 6 nitrogen and oxygen atoms in total. The van der Waals surface area contributed by atoms with Gasteiger partial charge in [-0.3, -0.25) is 10.1 Å². The van der Waals surface area contributed by atoms with Gasteiger partial charge in [-0.05, 0) is 29.8 Å². The minimum absolute atomic E-state index is 0.245. The van der Waals surface area contributed by atoms with Gasteiger partial charge in [0.15, 0.2) is 9.84 Å². The molecule has 24 heavy (non-hydrogen) atoms. The van der Waals surface area contributed by atoms with E-state index in [9.17, 15) is 8.42 Å². The molecule has 2 heterocycles. The lowest BCUT2D eigenvalue weighted by molar-refractivity contribution is 0.305. The fourth-order valence-corrected chi connectivity index (χ4v) is 2.98. The Morgan fingerprint density at radius 2 is 2.04 bits per heavy atom. The summed E-state index contributed by atoms with van der Waals surface area (Å²) in [5.74, 6) is 0.569. The standard InChI is InChI=1S/C16H14ClN3O3S/c1-24(21,22)13-4-2-3-11(7-13)10-23-12-5-6-15(18-8-12)16-14(17)9-19-20-16/h2-9H,10H2,1H3,(H,19,20). The predicted molar refractivity (Wildman–Crippen MR) is 90.7 cm³/mol. The maximum atomic E-state index is 11.6. The number of nitrogens with one attached hydrogen (secondary N) is 1. The van der Waals surface area contributed by atoms with E-state index < -0.39 is 9.84 Å². The number of rotatable bonds is 5. The number of halogens is 1. The Morgan fingerprint density at radius 1 is 1.21 bits per heavy atom. The van der Waals surface area contributed by atoms with Gasteiger partial charge in [0.25, 0.3) is 0 Å². The van der Waals surface area contributed by atoms with Gasteiger partial charge < -0.3 is 4.74 Å². The van der Waals surface area contributed by atoms with E-state index in [4.69, 9.17) is 16.3 Å². The van der Waals surface area contributed by atoms with Crippen molar-refractivity contribution < 1.29 is 13.2 Å². The van der Waals surface area contributed by atoms with E-state index in [0.717, 1.165) is 5.56 Å². The van der Waals surface area contributed by atoms with Crippen LogP contribution in [0, 0.1) is 0 Å². The van der Waals surface area contributed by atoms with Crippen LogP contribution in [0.4, 0.5) is 0 Å². The summed E-state index contributed by atoms with van der Waals surface area (Å²) in [5, 5.41) is 7.12. The van der Waals surface area contributed by atoms with Crippen LogP contribution >= 0.6 is 11.6 Å². The smallest absolute Gasteiger partial charge is 0.175 e. The summed E-state index contributed by atoms with van der Waals surface area (Å²) < 4.78 is 28.8. The van der Waals surface area contributed by atoms with Crippen molar-refractivity contribution in [1.29, 1.82) is 0 Å². The van der Waals surface area contributed by atoms with E-state index in [-0.39, 0.29) is 11.5 Å². The highest BCUT2D eigenvalue weighted by Gasteiger charge is 2.09. The summed E-state index contributed by atoms with van der Waals surface area (Å²) in [6, 6.07) is 10.2. The van der Waals surface area contributed by atoms with Gasteiger partial charge in [0, 0.05) is 6.26 Å². The largest absolute Gasteiger partial charge is 0.487 e. The van der Waals surface area contributed by atoms with Gasteiger partial charge in [0.1, 0.15) is 18.1 Å². The first-order chi connectivity index (χ1) is 11.4. The zero-order valence-corrected chi connectivity index (χ0v) is 14.3. The topological polar surface area (TPSA) is 84.9 Å². The highest BCUT2D eigenvalue weighted by Crippen LogP contribution is 2.24. The van der Waals surface area contributed by atoms with E-state index >= 15 is 0 Å². The number of hydrogen-bond acceptors (Lipinski definition) is 5. The number of ether oxygens (including phenoxy) is 1. The molecule has 8 heteroatoms. The fourth-order valence-electron chi connectivity index (χ4n) is 2.10. The molecule has 0 aliphatic rings. The van der Waals surface area contributed by atoms with Gasteiger partial charge in [-0.1, -0.05) is 23.7 Å². The van der Waals surface area contributed by atoms with Gasteiger partial charge in [0.05, 0.1) is 28.0 Å². The molecule has 3 rings (SSSR count). The average molecular weight is 364 g/mol. The van der Waals surface area contributed by atoms with Gasteiger partial charge in [0.2, 0.25) is 0 Å². The molecule has 2 aromatic heterocycles. The zero-order valence-electron chi connectivity index (χ0n) is 12.7. The quantitative estimate of drug-likeness (QED) is 0.752. The summed E-state index contributed by atoms with van der Waals surface area (Å²) in [6.45, 7) is 0.245. The molecule has 0 saturated carbocycles. The van der Waals surface area contributed by atoms with Crippen LogP contribution in [-0.2, 0) is 16.4 Å². The van der Waals surface area contributed by atoms with E-state index in [1.54, 1.807) is 42.6 Å². The molecule has 0 saturated heterocycles. The highest BCUT2D eigenvalue weighted by molar-refractivity contribution is 7.90. The van der Waals surface area contributed by atoms with Crippen molar-refractivity contribution in [3.8, 4) is 17.1 Å². The molecule has 0 aliphatic carbocycles. The van der Waals surface area contributed by atoms with Crippen LogP contribution in [0.25, 0.3) is 11.4 Å². The molecular weight excluding hydrogens is 350 g/mol. The minimum atomic E-state index is -3.23. The number of H-pyrrole nitrogens is 1. The second kappa shape index (κ2) is 6.62. The molecule has 0 aliphatic heterocycles. The molecule has 0 bridgehead atoms. The molecule has 0 fully saturated rings. The van der Waals surface area contributed by atoms with Gasteiger partial charge in [-0.15, -0.1) is 0 Å². The molecule has 0 spiro atoms. The third kappa shape index (κ3) is 3.74. The maximum absolute atomic E-state index is 11.6. The molecular formula is C16H14ClN3O3S. The first kappa shape index (κ1) is 16.5. The summed E-state index contributed by atoms with van der Waals surface area (Å²) in [4.78, 5) is 4.54. The normalized spacial score (nSPS) is 11.4. The van der Waals surface area contributed by atoms with E-state index in [2.05, 4.69) is 15.2 Å². The van der Waals surface area contributed by atoms with Crippen molar-refractivity contribution in [2.24, 2.45) is 0 Å². The highest BCUT2D eigenvalue weighted by atomic mass is 35.5. The molecule has 0 amide bonds. The number of aromatic amines is 1. The fraction of sp³-hybridized carbons (Fsp3) is 0.125. The summed E-state index contributed by atoms with van der Waals surface area (Å²) >= 11 is 5.99. The SMILES string of the molecule is CS(=O)(=O)c1cccc(COc2ccc(-c3[nH]ncc3Cl)nc2)c1. The number of pyridine rings is 1. The van der Waals surface area contributed by atoms with Crippen molar-refractivity contribution in [3.63, 3.8) is 0 Å². The van der Waals surface area contributed by atoms with Crippen molar-refractivity contribution in [1.82, 2.24) is 15.2 Å². The Balaban J connectivity index is 1.70. The maximum Gasteiger partial charge on any atom is 0.175 e. The van der Waals surface area contributed by atoms with Gasteiger partial charge in [-0.2, -0.15) is 5.10 Å². The Morgan fingerprint density at radius 3 is 2.67 bits per heavy atom. The number of aromatic nitrogens is 3. The first-order valence-corrected chi connectivity index (χ1v) is 9.27. The van der Waals surface area contributed by atoms with Gasteiger partial charge >= 0.3 is 0 Å². The minimum Gasteiger partial charge on any atom is -0.487 e. The third-order valence-corrected chi connectivity index (χ3v) is 4.71. The Kier molecular flexibility index (Phi) is 4.55. The molecule has 0 unspecified atom stereocenters. The molecule has 0 atom stereocenters. The number of sulfone groups is 1. The van der Waals surface area contributed by atoms with Crippen LogP contribution in [0.3, 0.4) is 0 Å². The van der Waals surface area contributed by atoms with Gasteiger partial charge in [-0.25, -0.2) is 8.42 Å². The van der Waals surface area contributed by atoms with Crippen molar-refractivity contribution in [2.75, 3.05) is 6.26 Å². The van der Waals surface area contributed by atoms with Crippen molar-refractivity contribution >= 4 is 21.4 Å². The predicted octanol–water partition coefficient (Wildman–Crippen LogP) is 3.11. The van der Waals surface area contributed by atoms with Crippen LogP contribution in [0.15, 0.2) is 53.7 Å². The lowest BCUT2D eigenvalue weighted by Crippen LogP contribution is -2.00. The van der Waals surface area contributed by atoms with Crippen molar-refractivity contribution in [3.05, 3.63) is 59.4 Å². The zero-order chi connectivity index (χ0) is 17.2. The van der Waals surface area contributed by atoms with Crippen LogP contribution in [0.5, 0.6) is 5.75 Å². The van der Waals surface area contributed by atoms with E-state index in [1.165, 1.54) is 12.5 Å². The molecule has 3 aromatic rings. The van der Waals surface area contributed by atoms with Crippen LogP contribution in [-0.4, -0.2) is 29.9 Å². The molecule has 1 N–H and O–H groups in total. The summed E-state index contributed by atoms with van der Waals surface area (Å²) in [7, 11) is -3.23. The lowest BCUT2D eigenvalue weighted by atomic mass is 10.2. The van der Waals surface area contributed by atoms with Crippen LogP contribution in [0.2, 0.25) is 5.02 Å². The Hall–Kier alpha value is -2.38. The molecule has 1 aromatic carbocycles. The van der Waals surface area contributed by atoms with E-state index in [0.29, 0.717) is 22.2 Å². The van der Waals surface area contributed by atoms with E-state index in [1.807, 2.05) is 0 Å².